The smallest absolute Gasteiger partial charge is 0.306 e. The van der Waals surface area contributed by atoms with Crippen molar-refractivity contribution in [1.29, 1.82) is 0 Å². The van der Waals surface area contributed by atoms with E-state index in [1.54, 1.807) is 30.0 Å². The number of aliphatic carboxylic acids is 1. The van der Waals surface area contributed by atoms with Crippen molar-refractivity contribution in [3.05, 3.63) is 33.3 Å². The number of rotatable bonds is 3. The number of amides is 1. The molecule has 1 amide bonds. The van der Waals surface area contributed by atoms with E-state index in [1.165, 1.54) is 0 Å². The minimum atomic E-state index is -0.822. The van der Waals surface area contributed by atoms with E-state index in [0.29, 0.717) is 28.1 Å². The number of likely N-dealkylation sites (tertiary alicyclic amines) is 1. The van der Waals surface area contributed by atoms with Gasteiger partial charge in [0.15, 0.2) is 0 Å². The van der Waals surface area contributed by atoms with Gasteiger partial charge in [-0.2, -0.15) is 0 Å². The fraction of sp³-hybridized carbons (Fsp3) is 0.385. The highest BCUT2D eigenvalue weighted by Gasteiger charge is 2.37. The predicted octanol–water partition coefficient (Wildman–Crippen LogP) is 2.90. The summed E-state index contributed by atoms with van der Waals surface area (Å²) >= 11 is 9.35. The standard InChI is InChI=1S/C13H13BrClNO3/c1-7(13(18)19)8-5-16(6-8)12(17)9-3-2-4-10(14)11(9)15/h2-4,7-8H,5-6H2,1H3,(H,18,19). The lowest BCUT2D eigenvalue weighted by Crippen LogP contribution is -2.53. The number of carboxylic acid groups (broad SMARTS) is 1. The SMILES string of the molecule is CC(C(=O)O)C1CN(C(=O)c2cccc(Br)c2Cl)C1. The van der Waals surface area contributed by atoms with E-state index in [2.05, 4.69) is 15.9 Å². The minimum absolute atomic E-state index is 0.0207. The van der Waals surface area contributed by atoms with E-state index in [4.69, 9.17) is 16.7 Å². The Bertz CT molecular complexity index is 529. The molecule has 1 aliphatic rings. The molecule has 0 aromatic heterocycles. The summed E-state index contributed by atoms with van der Waals surface area (Å²) in [6.45, 7) is 2.60. The number of halogens is 2. The van der Waals surface area contributed by atoms with Gasteiger partial charge < -0.3 is 10.0 Å². The summed E-state index contributed by atoms with van der Waals surface area (Å²) in [4.78, 5) is 24.7. The molecule has 1 fully saturated rings. The van der Waals surface area contributed by atoms with Gasteiger partial charge in [0.1, 0.15) is 0 Å². The highest BCUT2D eigenvalue weighted by atomic mass is 79.9. The normalized spacial score (nSPS) is 16.9. The highest BCUT2D eigenvalue weighted by molar-refractivity contribution is 9.10. The third-order valence-electron chi connectivity index (χ3n) is 3.48. The molecule has 4 nitrogen and oxygen atoms in total. The van der Waals surface area contributed by atoms with E-state index in [-0.39, 0.29) is 11.8 Å². The molecule has 102 valence electrons. The number of benzene rings is 1. The minimum Gasteiger partial charge on any atom is -0.481 e. The van der Waals surface area contributed by atoms with Gasteiger partial charge in [0.05, 0.1) is 16.5 Å². The topological polar surface area (TPSA) is 57.6 Å². The van der Waals surface area contributed by atoms with E-state index in [0.717, 1.165) is 0 Å². The van der Waals surface area contributed by atoms with Gasteiger partial charge in [-0.1, -0.05) is 24.6 Å². The zero-order chi connectivity index (χ0) is 14.2. The molecule has 0 saturated carbocycles. The van der Waals surface area contributed by atoms with E-state index >= 15 is 0 Å². The lowest BCUT2D eigenvalue weighted by molar-refractivity contribution is -0.144. The zero-order valence-electron chi connectivity index (χ0n) is 10.3. The van der Waals surface area contributed by atoms with Crippen LogP contribution in [-0.4, -0.2) is 35.0 Å². The summed E-state index contributed by atoms with van der Waals surface area (Å²) in [6, 6.07) is 5.19. The third-order valence-corrected chi connectivity index (χ3v) is 4.77. The van der Waals surface area contributed by atoms with Crippen molar-refractivity contribution in [3.8, 4) is 0 Å². The number of carbonyl (C=O) groups is 2. The number of carbonyl (C=O) groups excluding carboxylic acids is 1. The van der Waals surface area contributed by atoms with Gasteiger partial charge in [-0.3, -0.25) is 9.59 Å². The van der Waals surface area contributed by atoms with Crippen molar-refractivity contribution in [1.82, 2.24) is 4.90 Å². The Kier molecular flexibility index (Phi) is 4.16. The van der Waals surface area contributed by atoms with Crippen LogP contribution in [0.25, 0.3) is 0 Å². The Morgan fingerprint density at radius 3 is 2.68 bits per heavy atom. The Morgan fingerprint density at radius 1 is 1.47 bits per heavy atom. The average molecular weight is 347 g/mol. The molecule has 0 bridgehead atoms. The van der Waals surface area contributed by atoms with Crippen LogP contribution in [0.2, 0.25) is 5.02 Å². The van der Waals surface area contributed by atoms with Crippen LogP contribution in [0.15, 0.2) is 22.7 Å². The lowest BCUT2D eigenvalue weighted by atomic mass is 9.86. The molecule has 1 N–H and O–H groups in total. The van der Waals surface area contributed by atoms with Crippen LogP contribution in [0.4, 0.5) is 0 Å². The maximum Gasteiger partial charge on any atom is 0.306 e. The summed E-state index contributed by atoms with van der Waals surface area (Å²) in [7, 11) is 0. The molecular formula is C13H13BrClNO3. The first-order valence-electron chi connectivity index (χ1n) is 5.88. The first-order chi connectivity index (χ1) is 8.91. The van der Waals surface area contributed by atoms with Gasteiger partial charge in [0, 0.05) is 23.5 Å². The monoisotopic (exact) mass is 345 g/mol. The molecule has 6 heteroatoms. The van der Waals surface area contributed by atoms with Gasteiger partial charge >= 0.3 is 5.97 Å². The van der Waals surface area contributed by atoms with Gasteiger partial charge in [-0.25, -0.2) is 0 Å². The molecule has 1 atom stereocenters. The molecule has 0 aliphatic carbocycles. The number of hydrogen-bond acceptors (Lipinski definition) is 2. The van der Waals surface area contributed by atoms with Crippen molar-refractivity contribution in [2.45, 2.75) is 6.92 Å². The van der Waals surface area contributed by atoms with Crippen LogP contribution in [0, 0.1) is 11.8 Å². The molecule has 1 aromatic carbocycles. The van der Waals surface area contributed by atoms with E-state index < -0.39 is 11.9 Å². The third kappa shape index (κ3) is 2.77. The van der Waals surface area contributed by atoms with E-state index in [1.807, 2.05) is 0 Å². The number of hydrogen-bond donors (Lipinski definition) is 1. The van der Waals surface area contributed by atoms with Gasteiger partial charge in [-0.05, 0) is 28.1 Å². The van der Waals surface area contributed by atoms with Crippen LogP contribution in [-0.2, 0) is 4.79 Å². The fourth-order valence-electron chi connectivity index (χ4n) is 2.04. The van der Waals surface area contributed by atoms with Gasteiger partial charge in [0.2, 0.25) is 0 Å². The van der Waals surface area contributed by atoms with Gasteiger partial charge in [-0.15, -0.1) is 0 Å². The molecule has 1 aliphatic heterocycles. The Morgan fingerprint density at radius 2 is 2.11 bits per heavy atom. The number of nitrogens with zero attached hydrogens (tertiary/aromatic N) is 1. The Labute approximate surface area is 124 Å². The summed E-state index contributed by atoms with van der Waals surface area (Å²) in [5.74, 6) is -1.38. The van der Waals surface area contributed by atoms with Crippen molar-refractivity contribution < 1.29 is 14.7 Å². The van der Waals surface area contributed by atoms with Gasteiger partial charge in [0.25, 0.3) is 5.91 Å². The molecule has 19 heavy (non-hydrogen) atoms. The summed E-state index contributed by atoms with van der Waals surface area (Å²) in [5.41, 5.74) is 0.442. The number of carboxylic acids is 1. The van der Waals surface area contributed by atoms with Crippen LogP contribution in [0.3, 0.4) is 0 Å². The second-order valence-corrected chi connectivity index (χ2v) is 5.93. The molecule has 1 heterocycles. The highest BCUT2D eigenvalue weighted by Crippen LogP contribution is 2.30. The van der Waals surface area contributed by atoms with Crippen molar-refractivity contribution >= 4 is 39.4 Å². The van der Waals surface area contributed by atoms with Crippen molar-refractivity contribution in [2.75, 3.05) is 13.1 Å². The second-order valence-electron chi connectivity index (χ2n) is 4.70. The average Bonchev–Trinajstić information content (AvgIpc) is 2.30. The van der Waals surface area contributed by atoms with Crippen LogP contribution >= 0.6 is 27.5 Å². The molecular weight excluding hydrogens is 334 g/mol. The zero-order valence-corrected chi connectivity index (χ0v) is 12.6. The quantitative estimate of drug-likeness (QED) is 0.915. The van der Waals surface area contributed by atoms with Crippen LogP contribution < -0.4 is 0 Å². The molecule has 0 radical (unpaired) electrons. The molecule has 1 aromatic rings. The maximum absolute atomic E-state index is 12.2. The predicted molar refractivity (Wildman–Crippen MR) is 75.3 cm³/mol. The maximum atomic E-state index is 12.2. The molecule has 0 spiro atoms. The Balaban J connectivity index is 2.04. The first kappa shape index (κ1) is 14.3. The summed E-state index contributed by atoms with van der Waals surface area (Å²) in [6.07, 6.45) is 0. The van der Waals surface area contributed by atoms with Crippen molar-refractivity contribution in [3.63, 3.8) is 0 Å². The van der Waals surface area contributed by atoms with Crippen molar-refractivity contribution in [2.24, 2.45) is 11.8 Å². The molecule has 1 unspecified atom stereocenters. The summed E-state index contributed by atoms with van der Waals surface area (Å²) < 4.78 is 0.677. The molecule has 2 rings (SSSR count). The largest absolute Gasteiger partial charge is 0.481 e. The first-order valence-corrected chi connectivity index (χ1v) is 7.05. The lowest BCUT2D eigenvalue weighted by Gasteiger charge is -2.41. The Hall–Kier alpha value is -1.07. The fourth-order valence-corrected chi connectivity index (χ4v) is 2.61. The van der Waals surface area contributed by atoms with Crippen LogP contribution in [0.1, 0.15) is 17.3 Å². The second kappa shape index (κ2) is 5.51. The van der Waals surface area contributed by atoms with E-state index in [9.17, 15) is 9.59 Å². The summed E-state index contributed by atoms with van der Waals surface area (Å²) in [5, 5.41) is 9.30. The van der Waals surface area contributed by atoms with Crippen LogP contribution in [0.5, 0.6) is 0 Å². The molecule has 1 saturated heterocycles.